The van der Waals surface area contributed by atoms with Crippen LogP contribution in [0.5, 0.6) is 0 Å². The molecule has 0 saturated carbocycles. The molecule has 23 heavy (non-hydrogen) atoms. The molecule has 5 heteroatoms. The third-order valence-electron chi connectivity index (χ3n) is 3.83. The van der Waals surface area contributed by atoms with Crippen molar-refractivity contribution in [1.82, 2.24) is 10.2 Å². The fourth-order valence-corrected chi connectivity index (χ4v) is 2.77. The maximum Gasteiger partial charge on any atom is 0.292 e. The van der Waals surface area contributed by atoms with Gasteiger partial charge in [0.1, 0.15) is 11.6 Å². The first-order valence-electron chi connectivity index (χ1n) is 7.49. The van der Waals surface area contributed by atoms with Gasteiger partial charge in [-0.05, 0) is 49.6 Å². The Morgan fingerprint density at radius 1 is 1.17 bits per heavy atom. The van der Waals surface area contributed by atoms with Gasteiger partial charge < -0.3 is 9.73 Å². The molecule has 2 heterocycles. The first-order chi connectivity index (χ1) is 11.0. The van der Waals surface area contributed by atoms with Gasteiger partial charge in [0, 0.05) is 12.5 Å². The summed E-state index contributed by atoms with van der Waals surface area (Å²) in [6.07, 6.45) is 2.25. The highest BCUT2D eigenvalue weighted by molar-refractivity contribution is 6.01. The van der Waals surface area contributed by atoms with Crippen LogP contribution in [0.3, 0.4) is 0 Å². The van der Waals surface area contributed by atoms with Crippen molar-refractivity contribution in [2.45, 2.75) is 27.2 Å². The normalized spacial score (nSPS) is 10.7. The van der Waals surface area contributed by atoms with E-state index in [0.29, 0.717) is 12.2 Å². The Morgan fingerprint density at radius 2 is 1.91 bits per heavy atom. The topological polar surface area (TPSA) is 70.9 Å². The van der Waals surface area contributed by atoms with Crippen molar-refractivity contribution in [3.63, 3.8) is 0 Å². The van der Waals surface area contributed by atoms with Crippen LogP contribution in [-0.2, 0) is 6.42 Å². The third kappa shape index (κ3) is 3.34. The molecule has 118 valence electrons. The van der Waals surface area contributed by atoms with Crippen LogP contribution in [0.25, 0.3) is 0 Å². The number of carbonyl (C=O) groups is 1. The lowest BCUT2D eigenvalue weighted by Gasteiger charge is -2.09. The number of H-pyrrole nitrogens is 1. The first-order valence-corrected chi connectivity index (χ1v) is 7.49. The molecule has 0 radical (unpaired) electrons. The Balaban J connectivity index is 1.76. The summed E-state index contributed by atoms with van der Waals surface area (Å²) < 4.78 is 5.69. The Labute approximate surface area is 134 Å². The van der Waals surface area contributed by atoms with Crippen molar-refractivity contribution in [2.75, 3.05) is 5.32 Å². The molecule has 0 bridgehead atoms. The highest BCUT2D eigenvalue weighted by Crippen LogP contribution is 2.21. The molecule has 3 aromatic rings. The lowest BCUT2D eigenvalue weighted by Crippen LogP contribution is -2.11. The summed E-state index contributed by atoms with van der Waals surface area (Å²) in [7, 11) is 0. The second kappa shape index (κ2) is 6.12. The van der Waals surface area contributed by atoms with E-state index in [1.54, 1.807) is 18.3 Å². The minimum absolute atomic E-state index is 0.289. The molecule has 0 saturated heterocycles. The van der Waals surface area contributed by atoms with Crippen molar-refractivity contribution in [3.8, 4) is 0 Å². The van der Waals surface area contributed by atoms with Crippen molar-refractivity contribution in [3.05, 3.63) is 70.3 Å². The van der Waals surface area contributed by atoms with Crippen LogP contribution < -0.4 is 5.32 Å². The fraction of sp³-hybridized carbons (Fsp3) is 0.222. The molecule has 0 fully saturated rings. The number of aromatic amines is 1. The first kappa shape index (κ1) is 15.1. The quantitative estimate of drug-likeness (QED) is 0.770. The molecule has 1 aromatic carbocycles. The van der Waals surface area contributed by atoms with E-state index in [0.717, 1.165) is 5.76 Å². The van der Waals surface area contributed by atoms with Gasteiger partial charge in [-0.25, -0.2) is 0 Å². The van der Waals surface area contributed by atoms with Crippen LogP contribution in [0.1, 0.15) is 38.6 Å². The number of furan rings is 1. The number of amides is 1. The van der Waals surface area contributed by atoms with Crippen molar-refractivity contribution >= 4 is 11.7 Å². The number of rotatable bonds is 4. The number of aromatic nitrogens is 2. The zero-order valence-electron chi connectivity index (χ0n) is 13.4. The van der Waals surface area contributed by atoms with E-state index in [-0.39, 0.29) is 11.7 Å². The van der Waals surface area contributed by atoms with E-state index in [1.807, 2.05) is 6.07 Å². The number of nitrogens with zero attached hydrogens (tertiary/aromatic N) is 1. The summed E-state index contributed by atoms with van der Waals surface area (Å²) in [6, 6.07) is 9.55. The summed E-state index contributed by atoms with van der Waals surface area (Å²) in [5.41, 5.74) is 4.97. The number of hydrogen-bond donors (Lipinski definition) is 2. The van der Waals surface area contributed by atoms with Crippen LogP contribution in [-0.4, -0.2) is 16.1 Å². The van der Waals surface area contributed by atoms with E-state index in [9.17, 15) is 4.79 Å². The van der Waals surface area contributed by atoms with Gasteiger partial charge in [0.05, 0.1) is 6.20 Å². The summed E-state index contributed by atoms with van der Waals surface area (Å²) in [5.74, 6) is 1.31. The summed E-state index contributed by atoms with van der Waals surface area (Å²) in [5, 5.41) is 9.16. The predicted molar refractivity (Wildman–Crippen MR) is 88.7 cm³/mol. The van der Waals surface area contributed by atoms with Gasteiger partial charge in [0.2, 0.25) is 0 Å². The second-order valence-corrected chi connectivity index (χ2v) is 5.74. The molecule has 2 aromatic heterocycles. The van der Waals surface area contributed by atoms with Crippen molar-refractivity contribution in [1.29, 1.82) is 0 Å². The van der Waals surface area contributed by atoms with E-state index < -0.39 is 0 Å². The highest BCUT2D eigenvalue weighted by Gasteiger charge is 2.13. The fourth-order valence-electron chi connectivity index (χ4n) is 2.77. The summed E-state index contributed by atoms with van der Waals surface area (Å²) in [6.45, 7) is 6.29. The predicted octanol–water partition coefficient (Wildman–Crippen LogP) is 3.77. The monoisotopic (exact) mass is 309 g/mol. The molecule has 1 amide bonds. The molecule has 5 nitrogen and oxygen atoms in total. The number of anilines is 1. The number of carbonyl (C=O) groups excluding carboxylic acids is 1. The highest BCUT2D eigenvalue weighted by atomic mass is 16.3. The molecule has 3 rings (SSSR count). The molecular formula is C18H19N3O2. The largest absolute Gasteiger partial charge is 0.456 e. The van der Waals surface area contributed by atoms with Gasteiger partial charge in [-0.1, -0.05) is 17.7 Å². The van der Waals surface area contributed by atoms with Gasteiger partial charge in [-0.15, -0.1) is 0 Å². The van der Waals surface area contributed by atoms with Crippen LogP contribution in [0.4, 0.5) is 5.82 Å². The maximum absolute atomic E-state index is 12.1. The van der Waals surface area contributed by atoms with Crippen LogP contribution in [0.15, 0.2) is 40.9 Å². The Kier molecular flexibility index (Phi) is 4.02. The molecule has 0 aliphatic rings. The van der Waals surface area contributed by atoms with Gasteiger partial charge in [-0.3, -0.25) is 9.89 Å². The number of nitrogens with one attached hydrogen (secondary N) is 2. The Morgan fingerprint density at radius 3 is 2.57 bits per heavy atom. The van der Waals surface area contributed by atoms with Crippen LogP contribution >= 0.6 is 0 Å². The third-order valence-corrected chi connectivity index (χ3v) is 3.83. The van der Waals surface area contributed by atoms with Gasteiger partial charge >= 0.3 is 0 Å². The maximum atomic E-state index is 12.1. The van der Waals surface area contributed by atoms with Crippen molar-refractivity contribution in [2.24, 2.45) is 0 Å². The molecule has 0 atom stereocenters. The second-order valence-electron chi connectivity index (χ2n) is 5.74. The van der Waals surface area contributed by atoms with Crippen LogP contribution in [0.2, 0.25) is 0 Å². The van der Waals surface area contributed by atoms with Crippen LogP contribution in [0, 0.1) is 20.8 Å². The molecule has 0 spiro atoms. The SMILES string of the molecule is Cc1cc(C)c(Cc2ccc(C(=O)Nc3ccn[nH]3)o2)c(C)c1. The standard InChI is InChI=1S/C18H19N3O2/c1-11-8-12(2)15(13(3)9-11)10-14-4-5-16(23-14)18(22)20-17-6-7-19-21-17/h4-9H,10H2,1-3H3,(H2,19,20,21,22). The Bertz CT molecular complexity index is 809. The number of aryl methyl sites for hydroxylation is 3. The molecular weight excluding hydrogens is 290 g/mol. The summed E-state index contributed by atoms with van der Waals surface area (Å²) in [4.78, 5) is 12.1. The average molecular weight is 309 g/mol. The molecule has 2 N–H and O–H groups in total. The van der Waals surface area contributed by atoms with E-state index >= 15 is 0 Å². The summed E-state index contributed by atoms with van der Waals surface area (Å²) >= 11 is 0. The zero-order chi connectivity index (χ0) is 16.4. The Hall–Kier alpha value is -2.82. The van der Waals surface area contributed by atoms with E-state index in [2.05, 4.69) is 48.4 Å². The zero-order valence-corrected chi connectivity index (χ0v) is 13.4. The van der Waals surface area contributed by atoms with E-state index in [1.165, 1.54) is 22.3 Å². The molecule has 0 aliphatic carbocycles. The van der Waals surface area contributed by atoms with Gasteiger partial charge in [-0.2, -0.15) is 5.10 Å². The van der Waals surface area contributed by atoms with Gasteiger partial charge in [0.25, 0.3) is 5.91 Å². The van der Waals surface area contributed by atoms with Gasteiger partial charge in [0.15, 0.2) is 5.76 Å². The average Bonchev–Trinajstić information content (AvgIpc) is 3.14. The molecule has 0 unspecified atom stereocenters. The lowest BCUT2D eigenvalue weighted by atomic mass is 9.97. The minimum Gasteiger partial charge on any atom is -0.456 e. The van der Waals surface area contributed by atoms with Crippen molar-refractivity contribution < 1.29 is 9.21 Å². The number of hydrogen-bond acceptors (Lipinski definition) is 3. The number of benzene rings is 1. The minimum atomic E-state index is -0.294. The molecule has 0 aliphatic heterocycles. The van der Waals surface area contributed by atoms with E-state index in [4.69, 9.17) is 4.42 Å². The smallest absolute Gasteiger partial charge is 0.292 e. The lowest BCUT2D eigenvalue weighted by molar-refractivity contribution is 0.0994.